The highest BCUT2D eigenvalue weighted by molar-refractivity contribution is 9.10. The van der Waals surface area contributed by atoms with Crippen molar-refractivity contribution in [2.45, 2.75) is 11.1 Å². The molecule has 0 spiro atoms. The van der Waals surface area contributed by atoms with Crippen LogP contribution in [-0.2, 0) is 6.18 Å². The van der Waals surface area contributed by atoms with Gasteiger partial charge in [0.15, 0.2) is 0 Å². The van der Waals surface area contributed by atoms with Gasteiger partial charge in [-0.25, -0.2) is 4.98 Å². The van der Waals surface area contributed by atoms with E-state index in [0.29, 0.717) is 4.60 Å². The molecule has 1 aromatic heterocycles. The maximum atomic E-state index is 12.6. The topological polar surface area (TPSA) is 22.1 Å². The number of hydrogen-bond donors (Lipinski definition) is 0. The van der Waals surface area contributed by atoms with Gasteiger partial charge in [-0.15, -0.1) is 11.8 Å². The third-order valence-corrected chi connectivity index (χ3v) is 3.48. The Balaban J connectivity index is 2.28. The molecule has 0 bridgehead atoms. The molecule has 2 nitrogen and oxygen atoms in total. The van der Waals surface area contributed by atoms with Crippen molar-refractivity contribution in [3.8, 4) is 11.6 Å². The van der Waals surface area contributed by atoms with Crippen LogP contribution in [-0.4, -0.2) is 11.2 Å². The summed E-state index contributed by atoms with van der Waals surface area (Å²) < 4.78 is 43.8. The standard InChI is InChI=1S/C13H9BrF3NOS/c1-20-10-6-11(14)18-12(7-10)19-9-4-2-3-8(5-9)13(15,16)17/h2-7H,1H3. The van der Waals surface area contributed by atoms with Crippen molar-refractivity contribution in [2.24, 2.45) is 0 Å². The Kier molecular flexibility index (Phi) is 4.59. The van der Waals surface area contributed by atoms with Gasteiger partial charge in [0.1, 0.15) is 10.4 Å². The summed E-state index contributed by atoms with van der Waals surface area (Å²) in [5, 5.41) is 0. The summed E-state index contributed by atoms with van der Waals surface area (Å²) in [7, 11) is 0. The van der Waals surface area contributed by atoms with E-state index in [0.717, 1.165) is 17.0 Å². The average Bonchev–Trinajstić information content (AvgIpc) is 2.37. The zero-order valence-corrected chi connectivity index (χ0v) is 12.6. The number of rotatable bonds is 3. The van der Waals surface area contributed by atoms with Gasteiger partial charge in [-0.05, 0) is 46.5 Å². The first-order valence-electron chi connectivity index (χ1n) is 5.45. The molecule has 0 saturated carbocycles. The minimum atomic E-state index is -4.39. The average molecular weight is 364 g/mol. The summed E-state index contributed by atoms with van der Waals surface area (Å²) >= 11 is 4.71. The fourth-order valence-corrected chi connectivity index (χ4v) is 2.50. The van der Waals surface area contributed by atoms with Crippen molar-refractivity contribution >= 4 is 27.7 Å². The molecule has 0 N–H and O–H groups in total. The normalized spacial score (nSPS) is 11.4. The van der Waals surface area contributed by atoms with Crippen LogP contribution in [0.25, 0.3) is 0 Å². The molecule has 0 amide bonds. The van der Waals surface area contributed by atoms with Crippen LogP contribution < -0.4 is 4.74 Å². The van der Waals surface area contributed by atoms with Crippen molar-refractivity contribution in [3.63, 3.8) is 0 Å². The predicted molar refractivity (Wildman–Crippen MR) is 75.2 cm³/mol. The molecule has 0 fully saturated rings. The molecule has 0 aliphatic carbocycles. The fraction of sp³-hybridized carbons (Fsp3) is 0.154. The lowest BCUT2D eigenvalue weighted by molar-refractivity contribution is -0.137. The summed E-state index contributed by atoms with van der Waals surface area (Å²) in [5.74, 6) is 0.334. The van der Waals surface area contributed by atoms with Crippen LogP contribution in [0, 0.1) is 0 Å². The van der Waals surface area contributed by atoms with E-state index in [1.54, 1.807) is 12.1 Å². The Labute approximate surface area is 126 Å². The molecule has 20 heavy (non-hydrogen) atoms. The van der Waals surface area contributed by atoms with Gasteiger partial charge in [0.2, 0.25) is 5.88 Å². The third-order valence-electron chi connectivity index (χ3n) is 2.36. The monoisotopic (exact) mass is 363 g/mol. The summed E-state index contributed by atoms with van der Waals surface area (Å²) in [6.45, 7) is 0. The third kappa shape index (κ3) is 3.89. The molecule has 0 saturated heterocycles. The Hall–Kier alpha value is -1.21. The molecular formula is C13H9BrF3NOS. The van der Waals surface area contributed by atoms with Gasteiger partial charge in [0.25, 0.3) is 0 Å². The molecule has 0 aliphatic rings. The second-order valence-corrected chi connectivity index (χ2v) is 5.49. The van der Waals surface area contributed by atoms with Crippen LogP contribution in [0.5, 0.6) is 11.6 Å². The number of ether oxygens (including phenoxy) is 1. The first-order chi connectivity index (χ1) is 9.38. The maximum absolute atomic E-state index is 12.6. The van der Waals surface area contributed by atoms with Gasteiger partial charge in [-0.1, -0.05) is 6.07 Å². The van der Waals surface area contributed by atoms with Crippen LogP contribution in [0.4, 0.5) is 13.2 Å². The molecule has 0 aliphatic heterocycles. The molecule has 1 aromatic carbocycles. The Bertz CT molecular complexity index is 619. The van der Waals surface area contributed by atoms with Gasteiger partial charge in [0.05, 0.1) is 5.56 Å². The van der Waals surface area contributed by atoms with E-state index in [1.807, 2.05) is 6.26 Å². The number of nitrogens with zero attached hydrogens (tertiary/aromatic N) is 1. The number of thioether (sulfide) groups is 1. The molecule has 2 rings (SSSR count). The second-order valence-electron chi connectivity index (χ2n) is 3.80. The lowest BCUT2D eigenvalue weighted by atomic mass is 10.2. The summed E-state index contributed by atoms with van der Waals surface area (Å²) in [5.41, 5.74) is -0.755. The van der Waals surface area contributed by atoms with Crippen molar-refractivity contribution < 1.29 is 17.9 Å². The van der Waals surface area contributed by atoms with Crippen LogP contribution in [0.15, 0.2) is 45.9 Å². The van der Waals surface area contributed by atoms with Crippen molar-refractivity contribution in [2.75, 3.05) is 6.26 Å². The van der Waals surface area contributed by atoms with E-state index in [-0.39, 0.29) is 11.6 Å². The second kappa shape index (κ2) is 6.05. The first kappa shape index (κ1) is 15.2. The Morgan fingerprint density at radius 2 is 1.95 bits per heavy atom. The zero-order chi connectivity index (χ0) is 14.8. The molecule has 7 heteroatoms. The number of aromatic nitrogens is 1. The minimum Gasteiger partial charge on any atom is -0.439 e. The summed E-state index contributed by atoms with van der Waals surface area (Å²) in [6, 6.07) is 8.15. The van der Waals surface area contributed by atoms with Gasteiger partial charge >= 0.3 is 6.18 Å². The minimum absolute atomic E-state index is 0.0949. The van der Waals surface area contributed by atoms with E-state index in [1.165, 1.54) is 23.9 Å². The van der Waals surface area contributed by atoms with E-state index < -0.39 is 11.7 Å². The zero-order valence-electron chi connectivity index (χ0n) is 10.2. The lowest BCUT2D eigenvalue weighted by Gasteiger charge is -2.10. The Morgan fingerprint density at radius 3 is 2.60 bits per heavy atom. The van der Waals surface area contributed by atoms with Crippen molar-refractivity contribution in [1.29, 1.82) is 0 Å². The van der Waals surface area contributed by atoms with Crippen molar-refractivity contribution in [3.05, 3.63) is 46.6 Å². The largest absolute Gasteiger partial charge is 0.439 e. The highest BCUT2D eigenvalue weighted by Crippen LogP contribution is 2.33. The van der Waals surface area contributed by atoms with Gasteiger partial charge in [0, 0.05) is 11.0 Å². The molecule has 2 aromatic rings. The number of pyridine rings is 1. The number of halogens is 4. The van der Waals surface area contributed by atoms with Gasteiger partial charge < -0.3 is 4.74 Å². The van der Waals surface area contributed by atoms with E-state index >= 15 is 0 Å². The van der Waals surface area contributed by atoms with Crippen LogP contribution in [0.2, 0.25) is 0 Å². The number of benzene rings is 1. The SMILES string of the molecule is CSc1cc(Br)nc(Oc2cccc(C(F)(F)F)c2)c1. The highest BCUT2D eigenvalue weighted by atomic mass is 79.9. The van der Waals surface area contributed by atoms with Gasteiger partial charge in [-0.3, -0.25) is 0 Å². The number of hydrogen-bond acceptors (Lipinski definition) is 3. The summed E-state index contributed by atoms with van der Waals surface area (Å²) in [4.78, 5) is 4.97. The molecular weight excluding hydrogens is 355 g/mol. The lowest BCUT2D eigenvalue weighted by Crippen LogP contribution is -2.04. The quantitative estimate of drug-likeness (QED) is 0.540. The van der Waals surface area contributed by atoms with E-state index in [4.69, 9.17) is 4.74 Å². The predicted octanol–water partition coefficient (Wildman–Crippen LogP) is 5.38. The first-order valence-corrected chi connectivity index (χ1v) is 7.47. The molecule has 0 atom stereocenters. The molecule has 0 unspecified atom stereocenters. The number of alkyl halides is 3. The van der Waals surface area contributed by atoms with E-state index in [9.17, 15) is 13.2 Å². The van der Waals surface area contributed by atoms with Crippen LogP contribution in [0.1, 0.15) is 5.56 Å². The maximum Gasteiger partial charge on any atom is 0.416 e. The fourth-order valence-electron chi connectivity index (χ4n) is 1.48. The van der Waals surface area contributed by atoms with Crippen LogP contribution in [0.3, 0.4) is 0 Å². The Morgan fingerprint density at radius 1 is 1.20 bits per heavy atom. The van der Waals surface area contributed by atoms with Crippen LogP contribution >= 0.6 is 27.7 Å². The van der Waals surface area contributed by atoms with Gasteiger partial charge in [-0.2, -0.15) is 13.2 Å². The smallest absolute Gasteiger partial charge is 0.416 e. The molecule has 106 valence electrons. The molecule has 0 radical (unpaired) electrons. The highest BCUT2D eigenvalue weighted by Gasteiger charge is 2.30. The molecule has 1 heterocycles. The van der Waals surface area contributed by atoms with Crippen molar-refractivity contribution in [1.82, 2.24) is 4.98 Å². The summed E-state index contributed by atoms with van der Waals surface area (Å²) in [6.07, 6.45) is -2.51. The van der Waals surface area contributed by atoms with E-state index in [2.05, 4.69) is 20.9 Å².